The normalized spacial score (nSPS) is 40.9. The Bertz CT molecular complexity index is 1510. The average Bonchev–Trinajstić information content (AvgIpc) is 3.32. The minimum Gasteiger partial charge on any atom is -0.394 e. The highest BCUT2D eigenvalue weighted by molar-refractivity contribution is 7.80. The van der Waals surface area contributed by atoms with Crippen molar-refractivity contribution < 1.29 is 89.0 Å². The van der Waals surface area contributed by atoms with Crippen molar-refractivity contribution >= 4 is 51.9 Å². The first-order valence-corrected chi connectivity index (χ1v) is 25.2. The second-order valence-electron chi connectivity index (χ2n) is 18.3. The molecule has 69 heavy (non-hydrogen) atoms. The summed E-state index contributed by atoms with van der Waals surface area (Å²) in [6.07, 6.45) is -19.9. The van der Waals surface area contributed by atoms with Crippen molar-refractivity contribution in [1.82, 2.24) is 31.5 Å². The van der Waals surface area contributed by atoms with Crippen LogP contribution in [0.5, 0.6) is 0 Å². The van der Waals surface area contributed by atoms with Crippen LogP contribution in [0.3, 0.4) is 0 Å². The van der Waals surface area contributed by atoms with Crippen molar-refractivity contribution in [3.05, 3.63) is 0 Å². The fourth-order valence-electron chi connectivity index (χ4n) is 9.59. The van der Waals surface area contributed by atoms with E-state index in [-0.39, 0.29) is 26.3 Å². The zero-order valence-corrected chi connectivity index (χ0v) is 41.1. The van der Waals surface area contributed by atoms with E-state index < -0.39 is 136 Å². The number of rotatable bonds is 15. The van der Waals surface area contributed by atoms with E-state index in [2.05, 4.69) is 31.5 Å². The predicted octanol–water partition coefficient (Wildman–Crippen LogP) is -5.67. The third-order valence-electron chi connectivity index (χ3n) is 13.5. The van der Waals surface area contributed by atoms with Gasteiger partial charge < -0.3 is 116 Å². The minimum absolute atomic E-state index is 0.132. The molecule has 8 bridgehead atoms. The van der Waals surface area contributed by atoms with Crippen molar-refractivity contribution in [1.29, 1.82) is 0 Å². The van der Waals surface area contributed by atoms with Gasteiger partial charge in [0.2, 0.25) is 0 Å². The van der Waals surface area contributed by atoms with Crippen molar-refractivity contribution in [2.45, 2.75) is 156 Å². The highest BCUT2D eigenvalue weighted by Crippen LogP contribution is 2.36. The topological polar surface area (TPSA) is 340 Å². The minimum atomic E-state index is -1.55. The summed E-state index contributed by atoms with van der Waals surface area (Å²) < 4.78 is 47.0. The Balaban J connectivity index is 0.984. The van der Waals surface area contributed by atoms with E-state index in [9.17, 15) is 51.1 Å². The molecule has 398 valence electrons. The first-order chi connectivity index (χ1) is 33.1. The Labute approximate surface area is 417 Å². The summed E-state index contributed by atoms with van der Waals surface area (Å²) in [6.45, 7) is 4.45. The predicted molar refractivity (Wildman–Crippen MR) is 253 cm³/mol. The maximum absolute atomic E-state index is 11.3. The molecule has 20 atom stereocenters. The van der Waals surface area contributed by atoms with Crippen LogP contribution >= 0.6 is 36.7 Å². The van der Waals surface area contributed by atoms with E-state index in [1.807, 2.05) is 0 Å². The molecule has 12 rings (SSSR count). The number of thiocarbonyl (C=S) groups is 3. The lowest BCUT2D eigenvalue weighted by Gasteiger charge is -2.47. The van der Waals surface area contributed by atoms with E-state index in [0.717, 1.165) is 0 Å². The summed E-state index contributed by atoms with van der Waals surface area (Å²) in [5.74, 6) is -1.04. The summed E-state index contributed by atoms with van der Waals surface area (Å²) in [5, 5.41) is 124. The number of ether oxygens (including phenoxy) is 8. The van der Waals surface area contributed by atoms with Gasteiger partial charge in [-0.2, -0.15) is 0 Å². The van der Waals surface area contributed by atoms with Crippen LogP contribution in [0.2, 0.25) is 0 Å². The third kappa shape index (κ3) is 15.3. The first kappa shape index (κ1) is 56.8. The molecule has 12 heterocycles. The van der Waals surface area contributed by atoms with Gasteiger partial charge in [-0.3, -0.25) is 4.90 Å². The second kappa shape index (κ2) is 27.7. The number of aliphatic hydroxyl groups excluding tert-OH is 10. The highest BCUT2D eigenvalue weighted by atomic mass is 32.1. The van der Waals surface area contributed by atoms with Gasteiger partial charge >= 0.3 is 0 Å². The summed E-state index contributed by atoms with van der Waals surface area (Å²) in [6, 6.07) is 0. The second-order valence-corrected chi connectivity index (χ2v) is 19.8. The van der Waals surface area contributed by atoms with Crippen LogP contribution in [-0.2, 0) is 37.9 Å². The molecule has 0 aromatic heterocycles. The van der Waals surface area contributed by atoms with Crippen LogP contribution in [0, 0.1) is 11.8 Å². The lowest BCUT2D eigenvalue weighted by Crippen LogP contribution is -2.64. The molecule has 12 fully saturated rings. The smallest absolute Gasteiger partial charge is 0.186 e. The van der Waals surface area contributed by atoms with Gasteiger partial charge in [-0.15, -0.1) is 0 Å². The van der Waals surface area contributed by atoms with Gasteiger partial charge in [0.25, 0.3) is 0 Å². The van der Waals surface area contributed by atoms with Crippen molar-refractivity contribution in [3.63, 3.8) is 0 Å². The number of hydrogen-bond donors (Lipinski definition) is 15. The fourth-order valence-corrected chi connectivity index (χ4v) is 10.1. The van der Waals surface area contributed by atoms with Gasteiger partial charge in [0.1, 0.15) is 61.0 Å². The zero-order chi connectivity index (χ0) is 49.8. The van der Waals surface area contributed by atoms with Gasteiger partial charge in [-0.05, 0) is 57.0 Å². The molecule has 12 saturated heterocycles. The molecule has 0 aromatic rings. The molecule has 15 N–H and O–H groups in total. The highest BCUT2D eigenvalue weighted by Gasteiger charge is 2.53. The first-order valence-electron chi connectivity index (χ1n) is 23.9. The molecule has 27 heteroatoms. The van der Waals surface area contributed by atoms with E-state index in [0.29, 0.717) is 93.0 Å². The quantitative estimate of drug-likeness (QED) is 0.0680. The lowest BCUT2D eigenvalue weighted by molar-refractivity contribution is -0.355. The zero-order valence-electron chi connectivity index (χ0n) is 38.7. The number of aliphatic hydroxyl groups is 10. The summed E-state index contributed by atoms with van der Waals surface area (Å²) >= 11 is 16.5. The fraction of sp³-hybridized carbons (Fsp3) is 0.929. The molecule has 16 unspecified atom stereocenters. The van der Waals surface area contributed by atoms with Crippen LogP contribution in [0.25, 0.3) is 0 Å². The Morgan fingerprint density at radius 2 is 0.841 bits per heavy atom. The van der Waals surface area contributed by atoms with Crippen molar-refractivity contribution in [2.24, 2.45) is 11.8 Å². The van der Waals surface area contributed by atoms with E-state index >= 15 is 0 Å². The number of hydrogen-bond acceptors (Lipinski definition) is 22. The van der Waals surface area contributed by atoms with Gasteiger partial charge in [0.15, 0.2) is 35.4 Å². The van der Waals surface area contributed by atoms with Gasteiger partial charge in [-0.25, -0.2) is 0 Å². The maximum atomic E-state index is 11.3. The number of nitrogens with one attached hydrogen (secondary N) is 5. The van der Waals surface area contributed by atoms with Gasteiger partial charge in [-0.1, -0.05) is 25.1 Å². The number of nitrogens with zero attached hydrogens (tertiary/aromatic N) is 1. The SMILES string of the molecule is CC(=S)NCCN(CCNC(=S)NCC1O[C@H]2OC3C(CO)O[C@@H](OCCCCC1C(O)C2O)C(O)C3O)CCNC(=S)NCC1O[C@H]2OC3C(CO)O[C@@H](OCCCCC1C(O)C2O)C(O)C3O. The van der Waals surface area contributed by atoms with E-state index in [1.165, 1.54) is 0 Å². The van der Waals surface area contributed by atoms with Crippen molar-refractivity contribution in [3.8, 4) is 0 Å². The third-order valence-corrected chi connectivity index (χ3v) is 14.2. The molecule has 0 aliphatic carbocycles. The van der Waals surface area contributed by atoms with Gasteiger partial charge in [0, 0.05) is 77.4 Å². The van der Waals surface area contributed by atoms with Crippen LogP contribution < -0.4 is 26.6 Å². The summed E-state index contributed by atoms with van der Waals surface area (Å²) in [7, 11) is 0. The van der Waals surface area contributed by atoms with Crippen LogP contribution in [0.15, 0.2) is 0 Å². The van der Waals surface area contributed by atoms with Crippen molar-refractivity contribution in [2.75, 3.05) is 78.8 Å². The molecule has 0 radical (unpaired) electrons. The summed E-state index contributed by atoms with van der Waals surface area (Å²) in [5.41, 5.74) is 0. The largest absolute Gasteiger partial charge is 0.394 e. The molecular weight excluding hydrogens is 973 g/mol. The van der Waals surface area contributed by atoms with Gasteiger partial charge in [0.05, 0.1) is 42.6 Å². The molecule has 12 aliphatic rings. The Kier molecular flexibility index (Phi) is 22.8. The Morgan fingerprint density at radius 3 is 1.23 bits per heavy atom. The molecule has 0 spiro atoms. The van der Waals surface area contributed by atoms with Crippen LogP contribution in [-0.4, -0.2) is 261 Å². The lowest BCUT2D eigenvalue weighted by atomic mass is 9.84. The molecular formula is C42H74N6O18S3. The maximum Gasteiger partial charge on any atom is 0.186 e. The van der Waals surface area contributed by atoms with E-state index in [4.69, 9.17) is 74.5 Å². The van der Waals surface area contributed by atoms with E-state index in [1.54, 1.807) is 6.92 Å². The summed E-state index contributed by atoms with van der Waals surface area (Å²) in [4.78, 5) is 2.82. The Morgan fingerprint density at radius 1 is 0.464 bits per heavy atom. The Hall–Kier alpha value is -1.49. The average molecular weight is 1050 g/mol. The standard InChI is InChI=1S/C42H74N6O18S3/c1-20(67)43-8-11-48(12-9-44-41(68)46-16-23-21-6-2-4-14-59-37-33(57)29(53)35(25(18-49)63-37)65-39(61-23)31(55)27(21)51)13-10-45-42(69)47-17-24-22-7-3-5-15-60-38-34(58)30(54)36(26(19-50)64-38)66-40(62-24)32(56)28(22)52/h21-40,49-58H,2-19H2,1H3,(H,43,67)(H2,44,46,68)(H2,45,47,69)/t21?,22?,23?,24?,25?,26?,27?,28?,29?,30?,31?,32?,33?,34?,35?,36?,37-,38-,39+,40+/m1/s1. The molecule has 0 amide bonds. The molecule has 24 nitrogen and oxygen atoms in total. The van der Waals surface area contributed by atoms with Crippen LogP contribution in [0.1, 0.15) is 45.4 Å². The molecule has 0 aromatic carbocycles. The molecule has 12 aliphatic heterocycles. The monoisotopic (exact) mass is 1050 g/mol. The van der Waals surface area contributed by atoms with Crippen LogP contribution in [0.4, 0.5) is 0 Å². The molecule has 0 saturated carbocycles.